The second-order valence-corrected chi connectivity index (χ2v) is 6.55. The fraction of sp³-hybridized carbons (Fsp3) is 0.120. The number of carbonyl (C=O) groups is 1. The Kier molecular flexibility index (Phi) is 6.80. The zero-order valence-electron chi connectivity index (χ0n) is 16.3. The summed E-state index contributed by atoms with van der Waals surface area (Å²) in [5.41, 5.74) is 3.93. The summed E-state index contributed by atoms with van der Waals surface area (Å²) in [7, 11) is 0. The number of nitrogens with zero attached hydrogens (tertiary/aromatic N) is 1. The predicted molar refractivity (Wildman–Crippen MR) is 116 cm³/mol. The first-order valence-electron chi connectivity index (χ1n) is 9.58. The topological polar surface area (TPSA) is 64.9 Å². The smallest absolute Gasteiger partial charge is 0.264 e. The molecule has 0 heterocycles. The highest BCUT2D eigenvalue weighted by molar-refractivity contribution is 5.98. The summed E-state index contributed by atoms with van der Waals surface area (Å²) in [6, 6.07) is 28.9. The molecule has 0 bridgehead atoms. The molecule has 0 fully saturated rings. The molecule has 4 nitrogen and oxygen atoms in total. The van der Waals surface area contributed by atoms with Crippen LogP contribution in [0.4, 0.5) is 5.69 Å². The predicted octanol–water partition coefficient (Wildman–Crippen LogP) is 4.97. The normalized spacial score (nSPS) is 11.0. The SMILES string of the molecule is CCc1ccccc1N/C=C(/C#N)C(=O)NC(c1ccccc1)c1ccccc1. The first kappa shape index (κ1) is 19.9. The van der Waals surface area contributed by atoms with E-state index in [2.05, 4.69) is 17.6 Å². The number of hydrogen-bond acceptors (Lipinski definition) is 3. The zero-order chi connectivity index (χ0) is 20.5. The number of para-hydroxylation sites is 1. The highest BCUT2D eigenvalue weighted by atomic mass is 16.1. The Morgan fingerprint density at radius 3 is 2.03 bits per heavy atom. The van der Waals surface area contributed by atoms with Crippen LogP contribution in [0.15, 0.2) is 96.7 Å². The number of nitriles is 1. The van der Waals surface area contributed by atoms with E-state index in [-0.39, 0.29) is 11.6 Å². The van der Waals surface area contributed by atoms with E-state index in [4.69, 9.17) is 0 Å². The van der Waals surface area contributed by atoms with Crippen molar-refractivity contribution in [3.63, 3.8) is 0 Å². The van der Waals surface area contributed by atoms with Crippen LogP contribution >= 0.6 is 0 Å². The van der Waals surface area contributed by atoms with Gasteiger partial charge in [-0.3, -0.25) is 4.79 Å². The van der Waals surface area contributed by atoms with Gasteiger partial charge in [-0.2, -0.15) is 5.26 Å². The number of aryl methyl sites for hydroxylation is 1. The number of anilines is 1. The van der Waals surface area contributed by atoms with Crippen molar-refractivity contribution in [1.82, 2.24) is 5.32 Å². The Morgan fingerprint density at radius 2 is 1.48 bits per heavy atom. The fourth-order valence-electron chi connectivity index (χ4n) is 3.13. The van der Waals surface area contributed by atoms with E-state index in [0.717, 1.165) is 28.8 Å². The molecule has 0 spiro atoms. The Balaban J connectivity index is 1.83. The van der Waals surface area contributed by atoms with Crippen LogP contribution in [0.2, 0.25) is 0 Å². The highest BCUT2D eigenvalue weighted by Gasteiger charge is 2.19. The molecule has 0 aliphatic rings. The van der Waals surface area contributed by atoms with E-state index in [0.29, 0.717) is 0 Å². The Hall–Kier alpha value is -3.84. The lowest BCUT2D eigenvalue weighted by molar-refractivity contribution is -0.117. The van der Waals surface area contributed by atoms with Gasteiger partial charge in [-0.25, -0.2) is 0 Å². The van der Waals surface area contributed by atoms with Crippen molar-refractivity contribution in [2.24, 2.45) is 0 Å². The van der Waals surface area contributed by atoms with Crippen LogP contribution in [0.1, 0.15) is 29.7 Å². The molecule has 0 aliphatic heterocycles. The van der Waals surface area contributed by atoms with Crippen LogP contribution in [0.5, 0.6) is 0 Å². The molecule has 0 saturated carbocycles. The number of benzene rings is 3. The van der Waals surface area contributed by atoms with E-state index in [1.54, 1.807) is 0 Å². The van der Waals surface area contributed by atoms with Crippen LogP contribution in [0.25, 0.3) is 0 Å². The molecule has 2 N–H and O–H groups in total. The van der Waals surface area contributed by atoms with Gasteiger partial charge in [-0.05, 0) is 29.2 Å². The van der Waals surface area contributed by atoms with E-state index < -0.39 is 5.91 Å². The summed E-state index contributed by atoms with van der Waals surface area (Å²) in [6.45, 7) is 2.06. The molecule has 4 heteroatoms. The zero-order valence-corrected chi connectivity index (χ0v) is 16.3. The molecule has 3 rings (SSSR count). The van der Waals surface area contributed by atoms with Crippen molar-refractivity contribution in [3.05, 3.63) is 113 Å². The van der Waals surface area contributed by atoms with Gasteiger partial charge >= 0.3 is 0 Å². The fourth-order valence-corrected chi connectivity index (χ4v) is 3.13. The summed E-state index contributed by atoms with van der Waals surface area (Å²) in [5.74, 6) is -0.424. The van der Waals surface area contributed by atoms with Crippen LogP contribution in [-0.4, -0.2) is 5.91 Å². The minimum Gasteiger partial charge on any atom is -0.360 e. The van der Waals surface area contributed by atoms with E-state index in [1.807, 2.05) is 91.0 Å². The lowest BCUT2D eigenvalue weighted by Gasteiger charge is -2.19. The number of carbonyl (C=O) groups excluding carboxylic acids is 1. The minimum atomic E-state index is -0.424. The molecule has 0 aliphatic carbocycles. The third-order valence-corrected chi connectivity index (χ3v) is 4.68. The maximum absolute atomic E-state index is 12.9. The molecule has 3 aromatic carbocycles. The van der Waals surface area contributed by atoms with Gasteiger partial charge in [0.15, 0.2) is 0 Å². The van der Waals surface area contributed by atoms with Crippen LogP contribution < -0.4 is 10.6 Å². The van der Waals surface area contributed by atoms with Gasteiger partial charge in [0.05, 0.1) is 6.04 Å². The van der Waals surface area contributed by atoms with Crippen molar-refractivity contribution in [3.8, 4) is 6.07 Å². The van der Waals surface area contributed by atoms with Gasteiger partial charge in [-0.15, -0.1) is 0 Å². The lowest BCUT2D eigenvalue weighted by atomic mass is 9.98. The average molecular weight is 381 g/mol. The lowest BCUT2D eigenvalue weighted by Crippen LogP contribution is -2.30. The molecule has 0 atom stereocenters. The third kappa shape index (κ3) is 5.12. The third-order valence-electron chi connectivity index (χ3n) is 4.68. The molecule has 0 radical (unpaired) electrons. The quantitative estimate of drug-likeness (QED) is 0.448. The standard InChI is InChI=1S/C25H23N3O/c1-2-19-11-9-10-16-23(19)27-18-22(17-26)25(29)28-24(20-12-5-3-6-13-20)21-14-7-4-8-15-21/h3-16,18,24,27H,2H2,1H3,(H,28,29)/b22-18-. The summed E-state index contributed by atoms with van der Waals surface area (Å²) in [5, 5.41) is 15.6. The summed E-state index contributed by atoms with van der Waals surface area (Å²) >= 11 is 0. The van der Waals surface area contributed by atoms with Gasteiger partial charge in [0.2, 0.25) is 0 Å². The van der Waals surface area contributed by atoms with Crippen molar-refractivity contribution in [2.75, 3.05) is 5.32 Å². The molecular formula is C25H23N3O. The summed E-state index contributed by atoms with van der Waals surface area (Å²) in [6.07, 6.45) is 2.33. The number of amides is 1. The first-order valence-corrected chi connectivity index (χ1v) is 9.58. The Morgan fingerprint density at radius 1 is 0.931 bits per heavy atom. The molecule has 0 unspecified atom stereocenters. The van der Waals surface area contributed by atoms with Crippen LogP contribution in [0.3, 0.4) is 0 Å². The summed E-state index contributed by atoms with van der Waals surface area (Å²) in [4.78, 5) is 12.9. The van der Waals surface area contributed by atoms with Crippen LogP contribution in [0, 0.1) is 11.3 Å². The maximum atomic E-state index is 12.9. The Labute approximate surface area is 171 Å². The molecular weight excluding hydrogens is 358 g/mol. The number of hydrogen-bond donors (Lipinski definition) is 2. The molecule has 0 saturated heterocycles. The van der Waals surface area contributed by atoms with Gasteiger partial charge in [0, 0.05) is 11.9 Å². The molecule has 0 aromatic heterocycles. The van der Waals surface area contributed by atoms with Crippen LogP contribution in [-0.2, 0) is 11.2 Å². The second-order valence-electron chi connectivity index (χ2n) is 6.55. The van der Waals surface area contributed by atoms with Crippen molar-refractivity contribution in [2.45, 2.75) is 19.4 Å². The van der Waals surface area contributed by atoms with Crippen molar-refractivity contribution < 1.29 is 4.79 Å². The van der Waals surface area contributed by atoms with Gasteiger partial charge in [0.1, 0.15) is 11.6 Å². The average Bonchev–Trinajstić information content (AvgIpc) is 2.79. The molecule has 29 heavy (non-hydrogen) atoms. The largest absolute Gasteiger partial charge is 0.360 e. The molecule has 3 aromatic rings. The number of rotatable bonds is 7. The second kappa shape index (κ2) is 9.91. The monoisotopic (exact) mass is 381 g/mol. The van der Waals surface area contributed by atoms with Gasteiger partial charge < -0.3 is 10.6 Å². The molecule has 1 amide bonds. The van der Waals surface area contributed by atoms with E-state index >= 15 is 0 Å². The first-order chi connectivity index (χ1) is 14.2. The minimum absolute atomic E-state index is 0.0211. The number of nitrogens with one attached hydrogen (secondary N) is 2. The summed E-state index contributed by atoms with van der Waals surface area (Å²) < 4.78 is 0. The maximum Gasteiger partial charge on any atom is 0.264 e. The van der Waals surface area contributed by atoms with Crippen molar-refractivity contribution in [1.29, 1.82) is 5.26 Å². The van der Waals surface area contributed by atoms with E-state index in [1.165, 1.54) is 6.20 Å². The van der Waals surface area contributed by atoms with Crippen molar-refractivity contribution >= 4 is 11.6 Å². The molecule has 144 valence electrons. The Bertz CT molecular complexity index is 981. The van der Waals surface area contributed by atoms with Gasteiger partial charge in [-0.1, -0.05) is 85.8 Å². The highest BCUT2D eigenvalue weighted by Crippen LogP contribution is 2.22. The van der Waals surface area contributed by atoms with Gasteiger partial charge in [0.25, 0.3) is 5.91 Å². The van der Waals surface area contributed by atoms with E-state index in [9.17, 15) is 10.1 Å².